The number of nitrogens with zero attached hydrogens (tertiary/aromatic N) is 1. The molecule has 0 amide bonds. The van der Waals surface area contributed by atoms with Crippen molar-refractivity contribution in [2.45, 2.75) is 63.3 Å². The number of rotatable bonds is 8. The SMILES string of the molecule is Cc1csc2nccc(OC[C@H](C)C[C@H]3Cc4ccccc4C34CCC(Nc3cccc(Cl)c3)(C(=O)O)CC4)c12. The van der Waals surface area contributed by atoms with Gasteiger partial charge >= 0.3 is 5.97 Å². The van der Waals surface area contributed by atoms with Crippen LogP contribution in [0.2, 0.25) is 5.02 Å². The van der Waals surface area contributed by atoms with Gasteiger partial charge in [0.1, 0.15) is 16.1 Å². The summed E-state index contributed by atoms with van der Waals surface area (Å²) in [7, 11) is 0. The van der Waals surface area contributed by atoms with Gasteiger partial charge < -0.3 is 15.2 Å². The Bertz CT molecular complexity index is 1540. The second-order valence-electron chi connectivity index (χ2n) is 11.8. The summed E-state index contributed by atoms with van der Waals surface area (Å²) in [5, 5.41) is 17.6. The zero-order chi connectivity index (χ0) is 27.9. The van der Waals surface area contributed by atoms with Gasteiger partial charge in [-0.2, -0.15) is 0 Å². The summed E-state index contributed by atoms with van der Waals surface area (Å²) in [6.07, 6.45) is 6.70. The van der Waals surface area contributed by atoms with Crippen molar-refractivity contribution in [3.05, 3.63) is 87.9 Å². The number of ether oxygens (including phenoxy) is 1. The molecule has 5 nitrogen and oxygen atoms in total. The molecule has 2 atom stereocenters. The third-order valence-electron chi connectivity index (χ3n) is 9.24. The van der Waals surface area contributed by atoms with E-state index in [1.807, 2.05) is 24.4 Å². The maximum atomic E-state index is 12.7. The molecule has 2 aromatic carbocycles. The van der Waals surface area contributed by atoms with E-state index in [1.54, 1.807) is 23.5 Å². The third-order valence-corrected chi connectivity index (χ3v) is 10.5. The highest BCUT2D eigenvalue weighted by Crippen LogP contribution is 2.56. The minimum absolute atomic E-state index is 0.0201. The summed E-state index contributed by atoms with van der Waals surface area (Å²) in [6, 6.07) is 18.1. The van der Waals surface area contributed by atoms with Gasteiger partial charge in [-0.1, -0.05) is 48.9 Å². The number of anilines is 1. The van der Waals surface area contributed by atoms with Crippen molar-refractivity contribution < 1.29 is 14.6 Å². The fourth-order valence-corrected chi connectivity index (χ4v) is 8.29. The first-order valence-electron chi connectivity index (χ1n) is 14.1. The van der Waals surface area contributed by atoms with E-state index in [2.05, 4.69) is 53.8 Å². The zero-order valence-electron chi connectivity index (χ0n) is 23.0. The van der Waals surface area contributed by atoms with Gasteiger partial charge in [-0.25, -0.2) is 9.78 Å². The molecule has 4 aromatic rings. The Morgan fingerprint density at radius 1 is 1.18 bits per heavy atom. The molecule has 0 aliphatic heterocycles. The molecule has 2 aliphatic rings. The van der Waals surface area contributed by atoms with Crippen LogP contribution in [0.1, 0.15) is 55.7 Å². The maximum absolute atomic E-state index is 12.7. The number of aromatic nitrogens is 1. The number of thiophene rings is 1. The van der Waals surface area contributed by atoms with E-state index in [1.165, 1.54) is 16.7 Å². The summed E-state index contributed by atoms with van der Waals surface area (Å²) in [5.41, 5.74) is 3.77. The van der Waals surface area contributed by atoms with E-state index < -0.39 is 11.5 Å². The molecule has 0 unspecified atom stereocenters. The quantitative estimate of drug-likeness (QED) is 0.221. The van der Waals surface area contributed by atoms with E-state index in [-0.39, 0.29) is 5.41 Å². The summed E-state index contributed by atoms with van der Waals surface area (Å²) in [6.45, 7) is 5.03. The van der Waals surface area contributed by atoms with Gasteiger partial charge in [0, 0.05) is 16.9 Å². The molecule has 2 N–H and O–H groups in total. The molecule has 40 heavy (non-hydrogen) atoms. The number of pyridine rings is 1. The number of aryl methyl sites for hydroxylation is 1. The fourth-order valence-electron chi connectivity index (χ4n) is 7.20. The van der Waals surface area contributed by atoms with Gasteiger partial charge in [0.15, 0.2) is 0 Å². The van der Waals surface area contributed by atoms with Crippen molar-refractivity contribution in [1.82, 2.24) is 4.98 Å². The van der Waals surface area contributed by atoms with Crippen molar-refractivity contribution in [3.8, 4) is 5.75 Å². The Morgan fingerprint density at radius 2 is 1.98 bits per heavy atom. The molecular formula is C33H35ClN2O3S. The number of hydrogen-bond acceptors (Lipinski definition) is 5. The summed E-state index contributed by atoms with van der Waals surface area (Å²) < 4.78 is 6.39. The van der Waals surface area contributed by atoms with Gasteiger partial charge in [-0.3, -0.25) is 0 Å². The lowest BCUT2D eigenvalue weighted by Crippen LogP contribution is -2.53. The van der Waals surface area contributed by atoms with E-state index in [9.17, 15) is 9.90 Å². The summed E-state index contributed by atoms with van der Waals surface area (Å²) in [4.78, 5) is 18.2. The van der Waals surface area contributed by atoms with E-state index in [0.717, 1.165) is 47.3 Å². The lowest BCUT2D eigenvalue weighted by molar-refractivity contribution is -0.144. The minimum Gasteiger partial charge on any atom is -0.493 e. The summed E-state index contributed by atoms with van der Waals surface area (Å²) in [5.74, 6) is 0.922. The van der Waals surface area contributed by atoms with Crippen molar-refractivity contribution in [2.24, 2.45) is 11.8 Å². The van der Waals surface area contributed by atoms with Crippen molar-refractivity contribution in [1.29, 1.82) is 0 Å². The van der Waals surface area contributed by atoms with Crippen LogP contribution in [-0.2, 0) is 16.6 Å². The molecule has 0 saturated heterocycles. The largest absolute Gasteiger partial charge is 0.493 e. The summed E-state index contributed by atoms with van der Waals surface area (Å²) >= 11 is 7.86. The molecule has 208 valence electrons. The van der Waals surface area contributed by atoms with Crippen molar-refractivity contribution in [3.63, 3.8) is 0 Å². The van der Waals surface area contributed by atoms with Crippen LogP contribution in [0.15, 0.2) is 66.2 Å². The van der Waals surface area contributed by atoms with Crippen LogP contribution in [0, 0.1) is 18.8 Å². The smallest absolute Gasteiger partial charge is 0.329 e. The lowest BCUT2D eigenvalue weighted by Gasteiger charge is -2.47. The monoisotopic (exact) mass is 574 g/mol. The first kappa shape index (κ1) is 27.1. The molecule has 2 heterocycles. The number of carbonyl (C=O) groups is 1. The fraction of sp³-hybridized carbons (Fsp3) is 0.394. The highest BCUT2D eigenvalue weighted by atomic mass is 35.5. The number of carboxylic acid groups (broad SMARTS) is 1. The normalized spacial score (nSPS) is 24.6. The first-order valence-corrected chi connectivity index (χ1v) is 15.4. The first-order chi connectivity index (χ1) is 19.3. The zero-order valence-corrected chi connectivity index (χ0v) is 24.5. The average molecular weight is 575 g/mol. The van der Waals surface area contributed by atoms with Gasteiger partial charge in [0.05, 0.1) is 12.0 Å². The Morgan fingerprint density at radius 3 is 2.75 bits per heavy atom. The Balaban J connectivity index is 1.21. The predicted molar refractivity (Wildman–Crippen MR) is 163 cm³/mol. The number of halogens is 1. The number of carboxylic acids is 1. The molecule has 2 aliphatic carbocycles. The van der Waals surface area contributed by atoms with Crippen LogP contribution < -0.4 is 10.1 Å². The van der Waals surface area contributed by atoms with Gasteiger partial charge in [-0.15, -0.1) is 11.3 Å². The van der Waals surface area contributed by atoms with Crippen LogP contribution in [0.5, 0.6) is 5.75 Å². The van der Waals surface area contributed by atoms with Gasteiger partial charge in [0.25, 0.3) is 0 Å². The lowest BCUT2D eigenvalue weighted by atomic mass is 9.59. The highest BCUT2D eigenvalue weighted by Gasteiger charge is 2.54. The van der Waals surface area contributed by atoms with Gasteiger partial charge in [0.2, 0.25) is 0 Å². The number of aliphatic carboxylic acids is 1. The molecule has 1 saturated carbocycles. The van der Waals surface area contributed by atoms with E-state index in [4.69, 9.17) is 16.3 Å². The molecular weight excluding hydrogens is 540 g/mol. The van der Waals surface area contributed by atoms with Crippen molar-refractivity contribution >= 4 is 44.8 Å². The molecule has 1 spiro atoms. The Labute approximate surface area is 244 Å². The number of benzene rings is 2. The highest BCUT2D eigenvalue weighted by molar-refractivity contribution is 7.17. The average Bonchev–Trinajstić information content (AvgIpc) is 3.47. The third kappa shape index (κ3) is 4.86. The number of fused-ring (bicyclic) bond motifs is 3. The predicted octanol–water partition coefficient (Wildman–Crippen LogP) is 8.28. The van der Waals surface area contributed by atoms with E-state index in [0.29, 0.717) is 36.3 Å². The number of nitrogens with one attached hydrogen (secondary N) is 1. The van der Waals surface area contributed by atoms with Crippen LogP contribution >= 0.6 is 22.9 Å². The minimum atomic E-state index is -1.00. The van der Waals surface area contributed by atoms with Crippen LogP contribution in [0.4, 0.5) is 5.69 Å². The Hall–Kier alpha value is -3.09. The molecule has 0 radical (unpaired) electrons. The van der Waals surface area contributed by atoms with E-state index >= 15 is 0 Å². The maximum Gasteiger partial charge on any atom is 0.329 e. The number of hydrogen-bond donors (Lipinski definition) is 2. The Kier molecular flexibility index (Phi) is 7.26. The topological polar surface area (TPSA) is 71.5 Å². The van der Waals surface area contributed by atoms with Crippen LogP contribution in [0.25, 0.3) is 10.2 Å². The molecule has 6 rings (SSSR count). The standard InChI is InChI=1S/C33H35ClN2O3S/c1-21(19-39-28-10-15-35-30-29(28)22(2)20-40-30)16-24-17-23-6-3-4-9-27(23)32(24)11-13-33(14-12-32,31(37)38)36-26-8-5-7-25(34)18-26/h3-10,15,18,20-21,24,36H,11-14,16-17,19H2,1-2H3,(H,37,38)/t21-,24+,32?,33?/m1/s1. The molecule has 7 heteroatoms. The molecule has 1 fully saturated rings. The van der Waals surface area contributed by atoms with Crippen LogP contribution in [-0.4, -0.2) is 28.2 Å². The second-order valence-corrected chi connectivity index (χ2v) is 13.1. The van der Waals surface area contributed by atoms with Crippen molar-refractivity contribution in [2.75, 3.05) is 11.9 Å². The molecule has 0 bridgehead atoms. The van der Waals surface area contributed by atoms with Gasteiger partial charge in [-0.05, 0) is 109 Å². The van der Waals surface area contributed by atoms with Crippen LogP contribution in [0.3, 0.4) is 0 Å². The molecule has 2 aromatic heterocycles. The second kappa shape index (κ2) is 10.7.